The van der Waals surface area contributed by atoms with Crippen LogP contribution in [-0.4, -0.2) is 47.8 Å². The molecule has 0 amide bonds. The van der Waals surface area contributed by atoms with Gasteiger partial charge in [0.2, 0.25) is 0 Å². The maximum Gasteiger partial charge on any atom is 0.364 e. The number of aliphatic imine (C=N–C) groups is 1. The molecule has 0 N–H and O–H groups in total. The molecular formula is C19H26N2O5. The Morgan fingerprint density at radius 2 is 1.81 bits per heavy atom. The highest BCUT2D eigenvalue weighted by atomic mass is 16.7. The number of hydrogen-bond acceptors (Lipinski definition) is 7. The van der Waals surface area contributed by atoms with Gasteiger partial charge in [-0.05, 0) is 33.3 Å². The summed E-state index contributed by atoms with van der Waals surface area (Å²) in [6.07, 6.45) is 0.143. The summed E-state index contributed by atoms with van der Waals surface area (Å²) in [5.74, 6) is -0.681. The van der Waals surface area contributed by atoms with Gasteiger partial charge in [-0.3, -0.25) is 4.79 Å². The van der Waals surface area contributed by atoms with E-state index in [1.165, 1.54) is 0 Å². The topological polar surface area (TPSA) is 77.4 Å². The average Bonchev–Trinajstić information content (AvgIpc) is 2.96. The van der Waals surface area contributed by atoms with E-state index in [9.17, 15) is 9.59 Å². The molecule has 1 atom stereocenters. The second-order valence-electron chi connectivity index (χ2n) is 6.19. The van der Waals surface area contributed by atoms with Gasteiger partial charge in [0.25, 0.3) is 5.72 Å². The zero-order valence-electron chi connectivity index (χ0n) is 15.7. The lowest BCUT2D eigenvalue weighted by Crippen LogP contribution is -2.45. The van der Waals surface area contributed by atoms with E-state index in [2.05, 4.69) is 4.99 Å². The molecule has 2 rings (SSSR count). The molecule has 26 heavy (non-hydrogen) atoms. The fourth-order valence-electron chi connectivity index (χ4n) is 2.67. The molecule has 0 bridgehead atoms. The molecule has 142 valence electrons. The van der Waals surface area contributed by atoms with Crippen LogP contribution in [0.4, 0.5) is 0 Å². The summed E-state index contributed by atoms with van der Waals surface area (Å²) in [6.45, 7) is 7.62. The molecule has 1 aromatic rings. The number of ether oxygens (including phenoxy) is 2. The van der Waals surface area contributed by atoms with Gasteiger partial charge in [-0.15, -0.1) is 0 Å². The number of esters is 2. The highest BCUT2D eigenvalue weighted by molar-refractivity contribution is 5.93. The zero-order valence-corrected chi connectivity index (χ0v) is 15.7. The Kier molecular flexibility index (Phi) is 6.74. The van der Waals surface area contributed by atoms with Crippen LogP contribution in [0.25, 0.3) is 0 Å². The van der Waals surface area contributed by atoms with Crippen molar-refractivity contribution in [1.29, 1.82) is 0 Å². The van der Waals surface area contributed by atoms with Crippen LogP contribution < -0.4 is 0 Å². The first-order chi connectivity index (χ1) is 12.4. The normalized spacial score (nSPS) is 19.4. The van der Waals surface area contributed by atoms with E-state index in [1.807, 2.05) is 44.2 Å². The maximum absolute atomic E-state index is 12.6. The van der Waals surface area contributed by atoms with Gasteiger partial charge in [0.15, 0.2) is 0 Å². The molecule has 1 aliphatic rings. The van der Waals surface area contributed by atoms with Gasteiger partial charge in [-0.25, -0.2) is 19.7 Å². The molecule has 1 aliphatic heterocycles. The van der Waals surface area contributed by atoms with Crippen LogP contribution in [0.3, 0.4) is 0 Å². The SMILES string of the molecule is CCOC(=O)CC1(C(=O)OCC)N=C(Cc2ccccc2)N(C(C)C)O1. The summed E-state index contributed by atoms with van der Waals surface area (Å²) in [4.78, 5) is 35.0. The van der Waals surface area contributed by atoms with Gasteiger partial charge >= 0.3 is 11.9 Å². The van der Waals surface area contributed by atoms with Gasteiger partial charge in [0.1, 0.15) is 12.3 Å². The molecule has 7 nitrogen and oxygen atoms in total. The number of rotatable bonds is 8. The predicted octanol–water partition coefficient (Wildman–Crippen LogP) is 2.50. The van der Waals surface area contributed by atoms with Gasteiger partial charge < -0.3 is 9.47 Å². The van der Waals surface area contributed by atoms with E-state index in [1.54, 1.807) is 18.9 Å². The van der Waals surface area contributed by atoms with E-state index in [0.717, 1.165) is 5.56 Å². The first-order valence-electron chi connectivity index (χ1n) is 8.85. The summed E-state index contributed by atoms with van der Waals surface area (Å²) >= 11 is 0. The highest BCUT2D eigenvalue weighted by Gasteiger charge is 2.51. The summed E-state index contributed by atoms with van der Waals surface area (Å²) in [6, 6.07) is 9.66. The summed E-state index contributed by atoms with van der Waals surface area (Å²) in [5, 5.41) is 1.57. The fourth-order valence-corrected chi connectivity index (χ4v) is 2.67. The molecule has 0 radical (unpaired) electrons. The smallest absolute Gasteiger partial charge is 0.364 e. The van der Waals surface area contributed by atoms with Crippen LogP contribution >= 0.6 is 0 Å². The highest BCUT2D eigenvalue weighted by Crippen LogP contribution is 2.31. The zero-order chi connectivity index (χ0) is 19.2. The van der Waals surface area contributed by atoms with Crippen molar-refractivity contribution >= 4 is 17.8 Å². The molecule has 7 heteroatoms. The Morgan fingerprint density at radius 1 is 1.15 bits per heavy atom. The minimum absolute atomic E-state index is 0.0732. The molecule has 1 unspecified atom stereocenters. The molecule has 0 aliphatic carbocycles. The molecule has 0 aromatic heterocycles. The monoisotopic (exact) mass is 362 g/mol. The second-order valence-corrected chi connectivity index (χ2v) is 6.19. The molecular weight excluding hydrogens is 336 g/mol. The Labute approximate surface area is 153 Å². The predicted molar refractivity (Wildman–Crippen MR) is 96.3 cm³/mol. The standard InChI is InChI=1S/C19H26N2O5/c1-5-24-17(22)13-19(18(23)25-6-2)20-16(21(26-19)14(3)4)12-15-10-8-7-9-11-15/h7-11,14H,5-6,12-13H2,1-4H3. The number of nitrogens with zero attached hydrogens (tertiary/aromatic N) is 2. The molecule has 0 saturated carbocycles. The Hall–Kier alpha value is -2.41. The third-order valence-electron chi connectivity index (χ3n) is 3.77. The minimum Gasteiger partial charge on any atom is -0.466 e. The minimum atomic E-state index is -1.74. The Bertz CT molecular complexity index is 659. The number of amidine groups is 1. The number of hydroxylamine groups is 2. The van der Waals surface area contributed by atoms with E-state index in [0.29, 0.717) is 12.3 Å². The van der Waals surface area contributed by atoms with Crippen molar-refractivity contribution in [3.8, 4) is 0 Å². The second kappa shape index (κ2) is 8.80. The number of carbonyl (C=O) groups is 2. The van der Waals surface area contributed by atoms with Crippen LogP contribution in [0.15, 0.2) is 35.3 Å². The first kappa shape index (κ1) is 19.9. The van der Waals surface area contributed by atoms with E-state index in [-0.39, 0.29) is 25.7 Å². The molecule has 0 spiro atoms. The molecule has 0 fully saturated rings. The van der Waals surface area contributed by atoms with E-state index >= 15 is 0 Å². The number of hydrogen-bond donors (Lipinski definition) is 0. The average molecular weight is 362 g/mol. The maximum atomic E-state index is 12.6. The Morgan fingerprint density at radius 3 is 2.38 bits per heavy atom. The molecule has 0 saturated heterocycles. The Balaban J connectivity index is 2.36. The van der Waals surface area contributed by atoms with Gasteiger partial charge in [0.05, 0.1) is 19.3 Å². The summed E-state index contributed by atoms with van der Waals surface area (Å²) < 4.78 is 10.1. The van der Waals surface area contributed by atoms with Crippen molar-refractivity contribution in [3.63, 3.8) is 0 Å². The van der Waals surface area contributed by atoms with Crippen LogP contribution in [0.1, 0.15) is 39.7 Å². The van der Waals surface area contributed by atoms with Crippen molar-refractivity contribution in [3.05, 3.63) is 35.9 Å². The van der Waals surface area contributed by atoms with E-state index in [4.69, 9.17) is 14.3 Å². The van der Waals surface area contributed by atoms with Crippen LogP contribution in [0.5, 0.6) is 0 Å². The van der Waals surface area contributed by atoms with Crippen LogP contribution in [-0.2, 0) is 30.3 Å². The van der Waals surface area contributed by atoms with Gasteiger partial charge in [0, 0.05) is 6.42 Å². The number of benzene rings is 1. The van der Waals surface area contributed by atoms with Gasteiger partial charge in [-0.1, -0.05) is 30.3 Å². The first-order valence-corrected chi connectivity index (χ1v) is 8.85. The van der Waals surface area contributed by atoms with Crippen molar-refractivity contribution in [1.82, 2.24) is 5.06 Å². The largest absolute Gasteiger partial charge is 0.466 e. The van der Waals surface area contributed by atoms with Crippen LogP contribution in [0, 0.1) is 0 Å². The van der Waals surface area contributed by atoms with Gasteiger partial charge in [-0.2, -0.15) is 0 Å². The summed E-state index contributed by atoms with van der Waals surface area (Å²) in [5.41, 5.74) is -0.715. The van der Waals surface area contributed by atoms with Crippen molar-refractivity contribution in [2.75, 3.05) is 13.2 Å². The lowest BCUT2D eigenvalue weighted by molar-refractivity contribution is -0.220. The summed E-state index contributed by atoms with van der Waals surface area (Å²) in [7, 11) is 0. The fraction of sp³-hybridized carbons (Fsp3) is 0.526. The lowest BCUT2D eigenvalue weighted by Gasteiger charge is -2.28. The molecule has 1 heterocycles. The third-order valence-corrected chi connectivity index (χ3v) is 3.77. The molecule has 1 aromatic carbocycles. The quantitative estimate of drug-likeness (QED) is 0.661. The third kappa shape index (κ3) is 4.60. The van der Waals surface area contributed by atoms with E-state index < -0.39 is 17.7 Å². The lowest BCUT2D eigenvalue weighted by atomic mass is 10.1. The van der Waals surface area contributed by atoms with Crippen LogP contribution in [0.2, 0.25) is 0 Å². The van der Waals surface area contributed by atoms with Crippen molar-refractivity contribution in [2.24, 2.45) is 4.99 Å². The number of carbonyl (C=O) groups excluding carboxylic acids is 2. The van der Waals surface area contributed by atoms with Crippen molar-refractivity contribution < 1.29 is 23.9 Å². The van der Waals surface area contributed by atoms with Crippen molar-refractivity contribution in [2.45, 2.75) is 52.3 Å².